The number of nitrogens with zero attached hydrogens (tertiary/aromatic N) is 2. The second kappa shape index (κ2) is 15.3. The molecular weight excluding hydrogens is 841 g/mol. The van der Waals surface area contributed by atoms with Crippen LogP contribution >= 0.6 is 11.3 Å². The molecule has 14 rings (SSSR count). The number of benzene rings is 10. The lowest BCUT2D eigenvalue weighted by Gasteiger charge is -2.30. The fourth-order valence-electron chi connectivity index (χ4n) is 11.5. The predicted molar refractivity (Wildman–Crippen MR) is 284 cm³/mol. The largest absolute Gasteiger partial charge is 0.228 e. The first-order valence-electron chi connectivity index (χ1n) is 23.3. The van der Waals surface area contributed by atoms with Crippen molar-refractivity contribution in [3.05, 3.63) is 265 Å². The molecule has 0 unspecified atom stereocenters. The molecule has 0 fully saturated rings. The number of hydrogen-bond donors (Lipinski definition) is 0. The highest BCUT2D eigenvalue weighted by Crippen LogP contribution is 2.64. The van der Waals surface area contributed by atoms with Crippen LogP contribution in [0.3, 0.4) is 0 Å². The van der Waals surface area contributed by atoms with Gasteiger partial charge in [-0.3, -0.25) is 0 Å². The first-order chi connectivity index (χ1) is 33.7. The maximum absolute atomic E-state index is 5.52. The van der Waals surface area contributed by atoms with Gasteiger partial charge in [-0.2, -0.15) is 0 Å². The molecule has 0 radical (unpaired) electrons. The van der Waals surface area contributed by atoms with Crippen molar-refractivity contribution in [2.45, 2.75) is 5.41 Å². The highest BCUT2D eigenvalue weighted by molar-refractivity contribution is 7.26. The molecule has 316 valence electrons. The standard InChI is InChI=1S/C65H40N2S/c1-3-19-41(20-4-1)46-23-7-8-24-47(46)43-37-44(48-29-17-30-52-51-27-12-16-36-61(51)68-63(48)52)39-45(38-43)59-40-60(67-64(66-59)42-21-5-2-6-22-42)54-31-18-35-58-62(54)53-28-11-15-34-57(53)65(58)55-32-13-9-25-49(55)50-26-10-14-33-56(50)65/h1-40H. The van der Waals surface area contributed by atoms with Gasteiger partial charge in [-0.1, -0.05) is 212 Å². The Labute approximate surface area is 399 Å². The zero-order valence-corrected chi connectivity index (χ0v) is 37.7. The van der Waals surface area contributed by atoms with Crippen LogP contribution in [0.4, 0.5) is 0 Å². The Morgan fingerprint density at radius 3 is 1.49 bits per heavy atom. The Kier molecular flexibility index (Phi) is 8.71. The van der Waals surface area contributed by atoms with Gasteiger partial charge in [0.15, 0.2) is 5.82 Å². The van der Waals surface area contributed by atoms with E-state index in [4.69, 9.17) is 9.97 Å². The third-order valence-corrected chi connectivity index (χ3v) is 15.5. The van der Waals surface area contributed by atoms with Gasteiger partial charge in [-0.15, -0.1) is 11.3 Å². The summed E-state index contributed by atoms with van der Waals surface area (Å²) in [6.45, 7) is 0. The number of fused-ring (bicyclic) bond motifs is 13. The Balaban J connectivity index is 1.04. The van der Waals surface area contributed by atoms with Crippen molar-refractivity contribution in [1.29, 1.82) is 0 Å². The van der Waals surface area contributed by atoms with Crippen molar-refractivity contribution in [2.24, 2.45) is 0 Å². The van der Waals surface area contributed by atoms with Crippen molar-refractivity contribution in [1.82, 2.24) is 9.97 Å². The maximum atomic E-state index is 5.52. The zero-order valence-electron chi connectivity index (χ0n) is 36.9. The molecule has 3 heteroatoms. The average molecular weight is 881 g/mol. The predicted octanol–water partition coefficient (Wildman–Crippen LogP) is 17.2. The fourth-order valence-corrected chi connectivity index (χ4v) is 12.7. The van der Waals surface area contributed by atoms with Gasteiger partial charge >= 0.3 is 0 Å². The minimum Gasteiger partial charge on any atom is -0.228 e. The SMILES string of the molecule is c1ccc(-c2nc(-c3cc(-c4ccccc4-c4ccccc4)cc(-c4cccc5c4sc4ccccc45)c3)cc(-c3cccc4c3-c3ccccc3C43c4ccccc4-c4ccccc43)n2)cc1. The summed E-state index contributed by atoms with van der Waals surface area (Å²) in [6, 6.07) is 88.6. The number of rotatable bonds is 6. The second-order valence-electron chi connectivity index (χ2n) is 17.9. The van der Waals surface area contributed by atoms with E-state index in [0.29, 0.717) is 5.82 Å². The summed E-state index contributed by atoms with van der Waals surface area (Å²) in [6.07, 6.45) is 0. The van der Waals surface area contributed by atoms with Crippen LogP contribution < -0.4 is 0 Å². The zero-order chi connectivity index (χ0) is 44.8. The van der Waals surface area contributed by atoms with E-state index >= 15 is 0 Å². The molecule has 10 aromatic carbocycles. The molecule has 1 spiro atoms. The van der Waals surface area contributed by atoms with Gasteiger partial charge in [0.25, 0.3) is 0 Å². The van der Waals surface area contributed by atoms with Crippen LogP contribution in [0, 0.1) is 0 Å². The van der Waals surface area contributed by atoms with Crippen molar-refractivity contribution in [2.75, 3.05) is 0 Å². The van der Waals surface area contributed by atoms with E-state index in [1.165, 1.54) is 86.9 Å². The van der Waals surface area contributed by atoms with Gasteiger partial charge in [0.05, 0.1) is 16.8 Å². The number of aromatic nitrogens is 2. The molecular formula is C65H40N2S. The first kappa shape index (κ1) is 38.7. The Hall–Kier alpha value is -8.50. The maximum Gasteiger partial charge on any atom is 0.160 e. The van der Waals surface area contributed by atoms with Crippen LogP contribution in [0.5, 0.6) is 0 Å². The van der Waals surface area contributed by atoms with Gasteiger partial charge < -0.3 is 0 Å². The van der Waals surface area contributed by atoms with Crippen LogP contribution in [0.1, 0.15) is 22.3 Å². The Morgan fingerprint density at radius 1 is 0.294 bits per heavy atom. The normalized spacial score (nSPS) is 12.8. The summed E-state index contributed by atoms with van der Waals surface area (Å²) < 4.78 is 2.57. The number of hydrogen-bond acceptors (Lipinski definition) is 3. The van der Waals surface area contributed by atoms with E-state index in [0.717, 1.165) is 39.2 Å². The molecule has 2 aromatic heterocycles. The molecule has 2 heterocycles. The molecule has 2 nitrogen and oxygen atoms in total. The van der Waals surface area contributed by atoms with Crippen LogP contribution in [0.2, 0.25) is 0 Å². The minimum atomic E-state index is -0.462. The monoisotopic (exact) mass is 880 g/mol. The van der Waals surface area contributed by atoms with Gasteiger partial charge in [0, 0.05) is 36.9 Å². The molecule has 0 saturated heterocycles. The Morgan fingerprint density at radius 2 is 0.765 bits per heavy atom. The minimum absolute atomic E-state index is 0.462. The van der Waals surface area contributed by atoms with Crippen LogP contribution in [-0.4, -0.2) is 9.97 Å². The topological polar surface area (TPSA) is 25.8 Å². The molecule has 0 aliphatic heterocycles. The third kappa shape index (κ3) is 5.76. The van der Waals surface area contributed by atoms with E-state index in [2.05, 4.69) is 243 Å². The highest BCUT2D eigenvalue weighted by atomic mass is 32.1. The molecule has 0 bridgehead atoms. The first-order valence-corrected chi connectivity index (χ1v) is 24.1. The quantitative estimate of drug-likeness (QED) is 0.166. The second-order valence-corrected chi connectivity index (χ2v) is 19.0. The van der Waals surface area contributed by atoms with Gasteiger partial charge in [-0.05, 0) is 108 Å². The van der Waals surface area contributed by atoms with E-state index in [1.54, 1.807) is 0 Å². The van der Waals surface area contributed by atoms with E-state index < -0.39 is 5.41 Å². The summed E-state index contributed by atoms with van der Waals surface area (Å²) in [5.41, 5.74) is 21.7. The lowest BCUT2D eigenvalue weighted by Crippen LogP contribution is -2.25. The van der Waals surface area contributed by atoms with E-state index in [9.17, 15) is 0 Å². The molecule has 0 amide bonds. The summed E-state index contributed by atoms with van der Waals surface area (Å²) >= 11 is 1.87. The van der Waals surface area contributed by atoms with E-state index in [-0.39, 0.29) is 0 Å². The molecule has 0 saturated carbocycles. The smallest absolute Gasteiger partial charge is 0.160 e. The molecule has 12 aromatic rings. The Bertz CT molecular complexity index is 3930. The molecule has 68 heavy (non-hydrogen) atoms. The summed E-state index contributed by atoms with van der Waals surface area (Å²) in [7, 11) is 0. The summed E-state index contributed by atoms with van der Waals surface area (Å²) in [4.78, 5) is 11.0. The van der Waals surface area contributed by atoms with E-state index in [1.807, 2.05) is 11.3 Å². The third-order valence-electron chi connectivity index (χ3n) is 14.3. The van der Waals surface area contributed by atoms with Gasteiger partial charge in [-0.25, -0.2) is 9.97 Å². The van der Waals surface area contributed by atoms with Gasteiger partial charge in [0.1, 0.15) is 0 Å². The van der Waals surface area contributed by atoms with Crippen molar-refractivity contribution >= 4 is 31.5 Å². The van der Waals surface area contributed by atoms with Crippen molar-refractivity contribution in [3.8, 4) is 89.5 Å². The van der Waals surface area contributed by atoms with Crippen LogP contribution in [-0.2, 0) is 5.41 Å². The molecule has 0 atom stereocenters. The lowest BCUT2D eigenvalue weighted by atomic mass is 9.70. The number of thiophene rings is 1. The van der Waals surface area contributed by atoms with Crippen LogP contribution in [0.15, 0.2) is 243 Å². The average Bonchev–Trinajstić information content (AvgIpc) is 4.06. The van der Waals surface area contributed by atoms with Gasteiger partial charge in [0.2, 0.25) is 0 Å². The molecule has 2 aliphatic carbocycles. The summed E-state index contributed by atoms with van der Waals surface area (Å²) in [5.74, 6) is 0.691. The van der Waals surface area contributed by atoms with Crippen molar-refractivity contribution in [3.63, 3.8) is 0 Å². The molecule has 2 aliphatic rings. The summed E-state index contributed by atoms with van der Waals surface area (Å²) in [5, 5.41) is 2.57. The van der Waals surface area contributed by atoms with Crippen molar-refractivity contribution < 1.29 is 0 Å². The lowest BCUT2D eigenvalue weighted by molar-refractivity contribution is 0.794. The highest BCUT2D eigenvalue weighted by Gasteiger charge is 2.52. The fraction of sp³-hybridized carbons (Fsp3) is 0.0154. The molecule has 0 N–H and O–H groups in total. The van der Waals surface area contributed by atoms with Crippen LogP contribution in [0.25, 0.3) is 110 Å².